The van der Waals surface area contributed by atoms with Crippen molar-refractivity contribution in [2.45, 2.75) is 51.3 Å². The Bertz CT molecular complexity index is 1050. The molecule has 0 amide bonds. The van der Waals surface area contributed by atoms with E-state index < -0.39 is 17.7 Å². The lowest BCUT2D eigenvalue weighted by Gasteiger charge is -2.43. The highest BCUT2D eigenvalue weighted by Crippen LogP contribution is 2.35. The van der Waals surface area contributed by atoms with E-state index in [4.69, 9.17) is 0 Å². The predicted molar refractivity (Wildman–Crippen MR) is 135 cm³/mol. The smallest absolute Gasteiger partial charge is 0.133 e. The van der Waals surface area contributed by atoms with Crippen LogP contribution < -0.4 is 9.80 Å². The molecule has 2 N–H and O–H groups in total. The van der Waals surface area contributed by atoms with Crippen LogP contribution in [-0.2, 0) is 19.4 Å². The summed E-state index contributed by atoms with van der Waals surface area (Å²) in [6.45, 7) is 5.02. The number of halogens is 2. The summed E-state index contributed by atoms with van der Waals surface area (Å²) in [6.07, 6.45) is 2.83. The van der Waals surface area contributed by atoms with Crippen molar-refractivity contribution in [2.24, 2.45) is 0 Å². The number of nitrogens with one attached hydrogen (secondary N) is 1. The minimum atomic E-state index is -0.681. The second-order valence-electron chi connectivity index (χ2n) is 9.44. The largest absolute Gasteiger partial charge is 0.386 e. The van der Waals surface area contributed by atoms with Gasteiger partial charge in [0.25, 0.3) is 0 Å². The fourth-order valence-electron chi connectivity index (χ4n) is 5.48. The predicted octanol–water partition coefficient (Wildman–Crippen LogP) is 5.39. The molecule has 0 bridgehead atoms. The van der Waals surface area contributed by atoms with Crippen LogP contribution >= 0.6 is 0 Å². The molecule has 34 heavy (non-hydrogen) atoms. The minimum Gasteiger partial charge on any atom is -0.386 e. The summed E-state index contributed by atoms with van der Waals surface area (Å²) in [5, 5.41) is 14.9. The summed E-state index contributed by atoms with van der Waals surface area (Å²) >= 11 is 0. The lowest BCUT2D eigenvalue weighted by molar-refractivity contribution is 0.0639. The maximum Gasteiger partial charge on any atom is 0.133 e. The lowest BCUT2D eigenvalue weighted by atomic mass is 9.95. The Balaban J connectivity index is 1.58. The molecule has 4 rings (SSSR count). The molecule has 0 unspecified atom stereocenters. The molecule has 3 aromatic rings. The van der Waals surface area contributed by atoms with Gasteiger partial charge in [-0.05, 0) is 47.4 Å². The van der Waals surface area contributed by atoms with Gasteiger partial charge in [-0.3, -0.25) is 4.48 Å². The molecule has 3 nitrogen and oxygen atoms in total. The van der Waals surface area contributed by atoms with Crippen LogP contribution in [-0.4, -0.2) is 36.9 Å². The first-order chi connectivity index (χ1) is 16.5. The number of nitrogens with zero attached hydrogens (tertiary/aromatic N) is 1. The third-order valence-corrected chi connectivity index (χ3v) is 7.16. The van der Waals surface area contributed by atoms with Gasteiger partial charge in [0.2, 0.25) is 0 Å². The Morgan fingerprint density at radius 1 is 0.853 bits per heavy atom. The molecule has 0 saturated carbocycles. The van der Waals surface area contributed by atoms with Crippen molar-refractivity contribution in [1.29, 1.82) is 0 Å². The standard InChI is InChI=1S/C29H35F2N2O/c1-2-22-9-8-10-23(15-22)20-32-21-29(34)28(18-24-16-25(30)19-26(31)17-24)33(13-6-7-14-33)27-11-4-3-5-12-27/h3-5,8-12,15-17,19,28-29,32,34H,2,6-7,13-14,18,20-21H2,1H3/q+1/t28-,29+/m0/s1. The van der Waals surface area contributed by atoms with Gasteiger partial charge in [-0.25, -0.2) is 8.78 Å². The molecule has 0 aromatic heterocycles. The van der Waals surface area contributed by atoms with Crippen LogP contribution in [0.4, 0.5) is 14.5 Å². The fourth-order valence-corrected chi connectivity index (χ4v) is 5.48. The normalized spacial score (nSPS) is 16.9. The van der Waals surface area contributed by atoms with Gasteiger partial charge in [0.05, 0.1) is 13.1 Å². The van der Waals surface area contributed by atoms with E-state index in [-0.39, 0.29) is 6.04 Å². The van der Waals surface area contributed by atoms with Gasteiger partial charge in [0, 0.05) is 38.4 Å². The second kappa shape index (κ2) is 11.2. The van der Waals surface area contributed by atoms with Gasteiger partial charge in [-0.1, -0.05) is 49.4 Å². The number of aliphatic hydroxyl groups excluding tert-OH is 1. The van der Waals surface area contributed by atoms with E-state index in [1.165, 1.54) is 23.3 Å². The van der Waals surface area contributed by atoms with E-state index in [2.05, 4.69) is 48.6 Å². The van der Waals surface area contributed by atoms with Crippen LogP contribution in [0.25, 0.3) is 0 Å². The Hall–Kier alpha value is -2.60. The van der Waals surface area contributed by atoms with Crippen LogP contribution in [0.1, 0.15) is 36.5 Å². The van der Waals surface area contributed by atoms with E-state index in [1.54, 1.807) is 0 Å². The lowest BCUT2D eigenvalue weighted by Crippen LogP contribution is -2.62. The molecule has 1 saturated heterocycles. The molecule has 1 aliphatic rings. The highest BCUT2D eigenvalue weighted by Gasteiger charge is 2.45. The first kappa shape index (κ1) is 24.5. The van der Waals surface area contributed by atoms with Crippen molar-refractivity contribution in [2.75, 3.05) is 19.6 Å². The monoisotopic (exact) mass is 465 g/mol. The zero-order valence-corrected chi connectivity index (χ0v) is 19.9. The van der Waals surface area contributed by atoms with E-state index in [9.17, 15) is 13.9 Å². The number of likely N-dealkylation sites (tertiary alicyclic amines) is 1. The number of hydrogen-bond donors (Lipinski definition) is 2. The van der Waals surface area contributed by atoms with Crippen LogP contribution in [0.3, 0.4) is 0 Å². The van der Waals surface area contributed by atoms with Crippen LogP contribution in [0.2, 0.25) is 0 Å². The van der Waals surface area contributed by atoms with Crippen LogP contribution in [0.5, 0.6) is 0 Å². The Kier molecular flexibility index (Phi) is 8.09. The van der Waals surface area contributed by atoms with E-state index in [1.807, 2.05) is 18.2 Å². The third kappa shape index (κ3) is 5.72. The topological polar surface area (TPSA) is 32.3 Å². The van der Waals surface area contributed by atoms with Crippen molar-refractivity contribution in [3.63, 3.8) is 0 Å². The summed E-state index contributed by atoms with van der Waals surface area (Å²) in [6, 6.07) is 22.2. The van der Waals surface area contributed by atoms with Crippen molar-refractivity contribution in [3.8, 4) is 0 Å². The molecule has 3 aromatic carbocycles. The van der Waals surface area contributed by atoms with Gasteiger partial charge in [0.15, 0.2) is 0 Å². The second-order valence-corrected chi connectivity index (χ2v) is 9.44. The Morgan fingerprint density at radius 2 is 1.53 bits per heavy atom. The number of rotatable bonds is 10. The first-order valence-electron chi connectivity index (χ1n) is 12.3. The van der Waals surface area contributed by atoms with Crippen molar-refractivity contribution in [3.05, 3.63) is 101 Å². The quantitative estimate of drug-likeness (QED) is 0.394. The number of aliphatic hydroxyl groups is 1. The molecule has 180 valence electrons. The van der Waals surface area contributed by atoms with Gasteiger partial charge < -0.3 is 10.4 Å². The Labute approximate surface area is 201 Å². The summed E-state index contributed by atoms with van der Waals surface area (Å²) < 4.78 is 28.6. The molecular formula is C29H35F2N2O+. The number of aryl methyl sites for hydroxylation is 1. The maximum absolute atomic E-state index is 14.0. The maximum atomic E-state index is 14.0. The summed E-state index contributed by atoms with van der Waals surface area (Å²) in [7, 11) is 0. The molecule has 1 heterocycles. The SMILES string of the molecule is CCc1cccc(CNC[C@@H](O)[C@H](Cc2cc(F)cc(F)c2)[N+]2(c3ccccc3)CCCC2)c1. The summed E-state index contributed by atoms with van der Waals surface area (Å²) in [5.74, 6) is -1.16. The van der Waals surface area contributed by atoms with E-state index >= 15 is 0 Å². The molecular weight excluding hydrogens is 430 g/mol. The number of benzene rings is 3. The van der Waals surface area contributed by atoms with Gasteiger partial charge in [0.1, 0.15) is 29.5 Å². The molecule has 0 spiro atoms. The van der Waals surface area contributed by atoms with Gasteiger partial charge in [-0.2, -0.15) is 0 Å². The zero-order valence-electron chi connectivity index (χ0n) is 19.9. The van der Waals surface area contributed by atoms with Crippen molar-refractivity contribution >= 4 is 5.69 Å². The molecule has 2 atom stereocenters. The average Bonchev–Trinajstić information content (AvgIpc) is 3.33. The summed E-state index contributed by atoms with van der Waals surface area (Å²) in [5.41, 5.74) is 4.20. The fraction of sp³-hybridized carbons (Fsp3) is 0.379. The van der Waals surface area contributed by atoms with Crippen LogP contribution in [0.15, 0.2) is 72.8 Å². The average molecular weight is 466 g/mol. The van der Waals surface area contributed by atoms with E-state index in [0.717, 1.165) is 44.1 Å². The number of quaternary nitrogens is 1. The van der Waals surface area contributed by atoms with Gasteiger partial charge >= 0.3 is 0 Å². The van der Waals surface area contributed by atoms with E-state index in [0.29, 0.717) is 29.6 Å². The molecule has 0 aliphatic carbocycles. The Morgan fingerprint density at radius 3 is 2.21 bits per heavy atom. The zero-order chi connectivity index (χ0) is 24.0. The van der Waals surface area contributed by atoms with Crippen LogP contribution in [0, 0.1) is 11.6 Å². The number of hydrogen-bond acceptors (Lipinski definition) is 2. The molecule has 5 heteroatoms. The highest BCUT2D eigenvalue weighted by molar-refractivity contribution is 5.45. The molecule has 1 fully saturated rings. The van der Waals surface area contributed by atoms with Gasteiger partial charge in [-0.15, -0.1) is 0 Å². The van der Waals surface area contributed by atoms with Crippen molar-refractivity contribution < 1.29 is 13.9 Å². The highest BCUT2D eigenvalue weighted by atomic mass is 19.1. The summed E-state index contributed by atoms with van der Waals surface area (Å²) in [4.78, 5) is 0. The minimum absolute atomic E-state index is 0.222. The third-order valence-electron chi connectivity index (χ3n) is 7.16. The van der Waals surface area contributed by atoms with Crippen molar-refractivity contribution in [1.82, 2.24) is 9.80 Å². The molecule has 1 aliphatic heterocycles. The first-order valence-corrected chi connectivity index (χ1v) is 12.3. The molecule has 0 radical (unpaired) electrons. The number of para-hydroxylation sites is 1.